The topological polar surface area (TPSA) is 55.8 Å². The Balaban J connectivity index is 3.05. The third-order valence-corrected chi connectivity index (χ3v) is 3.95. The number of hydrogen-bond donors (Lipinski definition) is 0. The number of rotatable bonds is 8. The lowest BCUT2D eigenvalue weighted by Crippen LogP contribution is -2.39. The summed E-state index contributed by atoms with van der Waals surface area (Å²) in [6.07, 6.45) is 0.619. The zero-order valence-electron chi connectivity index (χ0n) is 12.5. The molecule has 0 radical (unpaired) electrons. The van der Waals surface area contributed by atoms with Crippen LogP contribution in [0.3, 0.4) is 0 Å². The molecule has 0 spiro atoms. The summed E-state index contributed by atoms with van der Waals surface area (Å²) in [4.78, 5) is 0. The number of benzene rings is 1. The minimum Gasteiger partial charge on any atom is -0.351 e. The monoisotopic (exact) mass is 301 g/mol. The number of nitrogens with zero attached hydrogens (tertiary/aromatic N) is 1. The summed E-state index contributed by atoms with van der Waals surface area (Å²) in [6, 6.07) is 7.36. The van der Waals surface area contributed by atoms with Crippen LogP contribution < -0.4 is 4.31 Å². The van der Waals surface area contributed by atoms with E-state index in [9.17, 15) is 8.42 Å². The third kappa shape index (κ3) is 4.77. The van der Waals surface area contributed by atoms with E-state index in [0.717, 1.165) is 5.56 Å². The van der Waals surface area contributed by atoms with Crippen LogP contribution in [-0.2, 0) is 19.5 Å². The fourth-order valence-corrected chi connectivity index (χ4v) is 2.87. The summed E-state index contributed by atoms with van der Waals surface area (Å²) in [7, 11) is -3.40. The normalized spacial score (nSPS) is 11.8. The van der Waals surface area contributed by atoms with Gasteiger partial charge in [0.1, 0.15) is 0 Å². The summed E-state index contributed by atoms with van der Waals surface area (Å²) in [5.74, 6) is 0. The second-order valence-corrected chi connectivity index (χ2v) is 6.33. The van der Waals surface area contributed by atoms with E-state index in [1.54, 1.807) is 6.07 Å². The number of sulfonamides is 1. The first-order valence-electron chi connectivity index (χ1n) is 6.66. The molecule has 1 aromatic carbocycles. The molecule has 0 aliphatic carbocycles. The fraction of sp³-hybridized carbons (Fsp3) is 0.571. The molecule has 0 atom stereocenters. The van der Waals surface area contributed by atoms with Crippen LogP contribution in [0.25, 0.3) is 0 Å². The molecule has 0 fully saturated rings. The molecular formula is C14H23NO4S. The van der Waals surface area contributed by atoms with Crippen LogP contribution >= 0.6 is 0 Å². The summed E-state index contributed by atoms with van der Waals surface area (Å²) in [6.45, 7) is 6.66. The maximum atomic E-state index is 12.0. The van der Waals surface area contributed by atoms with E-state index in [2.05, 4.69) is 0 Å². The summed E-state index contributed by atoms with van der Waals surface area (Å²) in [5, 5.41) is 0. The van der Waals surface area contributed by atoms with Crippen molar-refractivity contribution < 1.29 is 17.9 Å². The molecule has 6 heteroatoms. The van der Waals surface area contributed by atoms with Gasteiger partial charge >= 0.3 is 0 Å². The van der Waals surface area contributed by atoms with Crippen LogP contribution in [0.5, 0.6) is 0 Å². The molecule has 0 unspecified atom stereocenters. The Labute approximate surface area is 121 Å². The zero-order chi connectivity index (χ0) is 15.2. The van der Waals surface area contributed by atoms with E-state index in [1.807, 2.05) is 39.0 Å². The Hall–Kier alpha value is -1.11. The van der Waals surface area contributed by atoms with Gasteiger partial charge in [0.2, 0.25) is 10.0 Å². The number of ether oxygens (including phenoxy) is 2. The van der Waals surface area contributed by atoms with Gasteiger partial charge in [0.15, 0.2) is 6.29 Å². The van der Waals surface area contributed by atoms with Crippen molar-refractivity contribution >= 4 is 15.7 Å². The maximum Gasteiger partial charge on any atom is 0.232 e. The van der Waals surface area contributed by atoms with Crippen LogP contribution in [0.15, 0.2) is 24.3 Å². The fourth-order valence-electron chi connectivity index (χ4n) is 1.92. The lowest BCUT2D eigenvalue weighted by Gasteiger charge is -2.28. The first-order valence-corrected chi connectivity index (χ1v) is 8.51. The molecule has 0 N–H and O–H groups in total. The Morgan fingerprint density at radius 1 is 1.15 bits per heavy atom. The molecule has 0 amide bonds. The molecule has 1 aromatic rings. The quantitative estimate of drug-likeness (QED) is 0.690. The van der Waals surface area contributed by atoms with Gasteiger partial charge in [-0.15, -0.1) is 0 Å². The highest BCUT2D eigenvalue weighted by molar-refractivity contribution is 7.92. The van der Waals surface area contributed by atoms with Gasteiger partial charge in [-0.25, -0.2) is 8.42 Å². The smallest absolute Gasteiger partial charge is 0.232 e. The Bertz CT molecular complexity index is 510. The van der Waals surface area contributed by atoms with Crippen LogP contribution in [0.1, 0.15) is 19.4 Å². The Morgan fingerprint density at radius 3 is 2.15 bits per heavy atom. The van der Waals surface area contributed by atoms with Crippen molar-refractivity contribution in [3.8, 4) is 0 Å². The van der Waals surface area contributed by atoms with Crippen molar-refractivity contribution in [2.24, 2.45) is 0 Å². The molecule has 0 bridgehead atoms. The van der Waals surface area contributed by atoms with Crippen LogP contribution in [-0.4, -0.2) is 40.7 Å². The van der Waals surface area contributed by atoms with Gasteiger partial charge in [-0.1, -0.05) is 18.2 Å². The number of hydrogen-bond acceptors (Lipinski definition) is 4. The lowest BCUT2D eigenvalue weighted by atomic mass is 10.2. The van der Waals surface area contributed by atoms with Gasteiger partial charge in [-0.3, -0.25) is 4.31 Å². The van der Waals surface area contributed by atoms with Gasteiger partial charge in [-0.05, 0) is 32.4 Å². The van der Waals surface area contributed by atoms with E-state index in [-0.39, 0.29) is 6.54 Å². The molecule has 0 aliphatic heterocycles. The van der Waals surface area contributed by atoms with E-state index < -0.39 is 16.3 Å². The second kappa shape index (κ2) is 7.61. The van der Waals surface area contributed by atoms with Gasteiger partial charge in [0.25, 0.3) is 0 Å². The second-order valence-electron chi connectivity index (χ2n) is 4.42. The molecule has 114 valence electrons. The average molecular weight is 301 g/mol. The molecule has 5 nitrogen and oxygen atoms in total. The predicted molar refractivity (Wildman–Crippen MR) is 80.4 cm³/mol. The molecule has 20 heavy (non-hydrogen) atoms. The highest BCUT2D eigenvalue weighted by atomic mass is 32.2. The molecule has 0 aliphatic rings. The number of aryl methyl sites for hydroxylation is 1. The first-order chi connectivity index (χ1) is 9.40. The van der Waals surface area contributed by atoms with Gasteiger partial charge in [-0.2, -0.15) is 0 Å². The van der Waals surface area contributed by atoms with Crippen molar-refractivity contribution in [2.45, 2.75) is 27.1 Å². The highest BCUT2D eigenvalue weighted by Crippen LogP contribution is 2.22. The van der Waals surface area contributed by atoms with Gasteiger partial charge < -0.3 is 9.47 Å². The number of para-hydroxylation sites is 1. The van der Waals surface area contributed by atoms with E-state index in [1.165, 1.54) is 10.6 Å². The molecule has 1 rings (SSSR count). The minimum absolute atomic E-state index is 0.144. The highest BCUT2D eigenvalue weighted by Gasteiger charge is 2.23. The number of anilines is 1. The van der Waals surface area contributed by atoms with Crippen molar-refractivity contribution in [3.63, 3.8) is 0 Å². The Morgan fingerprint density at radius 2 is 1.70 bits per heavy atom. The predicted octanol–water partition coefficient (Wildman–Crippen LogP) is 2.16. The molecule has 0 saturated carbocycles. The van der Waals surface area contributed by atoms with E-state index in [4.69, 9.17) is 9.47 Å². The Kier molecular flexibility index (Phi) is 6.45. The molecular weight excluding hydrogens is 278 g/mol. The van der Waals surface area contributed by atoms with Crippen molar-refractivity contribution in [3.05, 3.63) is 29.8 Å². The van der Waals surface area contributed by atoms with E-state index in [0.29, 0.717) is 18.9 Å². The van der Waals surface area contributed by atoms with Gasteiger partial charge in [0, 0.05) is 13.2 Å². The molecule has 0 aromatic heterocycles. The summed E-state index contributed by atoms with van der Waals surface area (Å²) < 4.78 is 36.3. The molecule has 0 saturated heterocycles. The van der Waals surface area contributed by atoms with E-state index >= 15 is 0 Å². The average Bonchev–Trinajstić information content (AvgIpc) is 2.36. The van der Waals surface area contributed by atoms with Crippen LogP contribution in [0, 0.1) is 6.92 Å². The third-order valence-electron chi connectivity index (χ3n) is 2.80. The first kappa shape index (κ1) is 16.9. The van der Waals surface area contributed by atoms with Crippen molar-refractivity contribution in [1.82, 2.24) is 0 Å². The van der Waals surface area contributed by atoms with Crippen LogP contribution in [0.2, 0.25) is 0 Å². The zero-order valence-corrected chi connectivity index (χ0v) is 13.3. The lowest BCUT2D eigenvalue weighted by molar-refractivity contribution is -0.128. The van der Waals surface area contributed by atoms with Gasteiger partial charge in [0.05, 0.1) is 18.5 Å². The van der Waals surface area contributed by atoms with Crippen molar-refractivity contribution in [2.75, 3.05) is 30.3 Å². The van der Waals surface area contributed by atoms with Crippen LogP contribution in [0.4, 0.5) is 5.69 Å². The largest absolute Gasteiger partial charge is 0.351 e. The SMILES string of the molecule is CCOC(CN(c1ccccc1C)S(C)(=O)=O)OCC. The summed E-state index contributed by atoms with van der Waals surface area (Å²) in [5.41, 5.74) is 1.55. The van der Waals surface area contributed by atoms with Crippen molar-refractivity contribution in [1.29, 1.82) is 0 Å². The maximum absolute atomic E-state index is 12.0. The minimum atomic E-state index is -3.40. The standard InChI is InChI=1S/C14H23NO4S/c1-5-18-14(19-6-2)11-15(20(4,16)17)13-10-8-7-9-12(13)3/h7-10,14H,5-6,11H2,1-4H3. The molecule has 0 heterocycles. The summed E-state index contributed by atoms with van der Waals surface area (Å²) >= 11 is 0.